The Balaban J connectivity index is 2.33. The molecular formula is C20H25NO. The van der Waals surface area contributed by atoms with Crippen molar-refractivity contribution in [2.24, 2.45) is 0 Å². The molecule has 1 aliphatic rings. The van der Waals surface area contributed by atoms with E-state index in [0.29, 0.717) is 0 Å². The molecule has 22 heavy (non-hydrogen) atoms. The normalized spacial score (nSPS) is 22.3. The molecule has 2 heteroatoms. The quantitative estimate of drug-likeness (QED) is 0.776. The number of benzene rings is 2. The fourth-order valence-electron chi connectivity index (χ4n) is 3.72. The fraction of sp³-hybridized carbons (Fsp3) is 0.400. The zero-order chi connectivity index (χ0) is 16.3. The molecule has 0 amide bonds. The summed E-state index contributed by atoms with van der Waals surface area (Å²) in [5, 5.41) is 0. The zero-order valence-electron chi connectivity index (χ0n) is 14.4. The summed E-state index contributed by atoms with van der Waals surface area (Å²) in [6, 6.07) is 10.8. The third kappa shape index (κ3) is 1.79. The van der Waals surface area contributed by atoms with Crippen LogP contribution in [-0.4, -0.2) is 5.60 Å². The van der Waals surface area contributed by atoms with Gasteiger partial charge in [0.1, 0.15) is 11.4 Å². The maximum atomic E-state index is 6.36. The van der Waals surface area contributed by atoms with Gasteiger partial charge in [-0.1, -0.05) is 29.8 Å². The second-order valence-electron chi connectivity index (χ2n) is 7.21. The lowest BCUT2D eigenvalue weighted by Crippen LogP contribution is -2.45. The molecule has 0 aliphatic carbocycles. The standard InChI is InChI=1S/C20H25NO/c1-12-7-9-15(10-8-12)20(6)17-14(3)18(21)13(2)11-16(17)22-19(20,4)5/h7-11H,21H2,1-6H3. The molecule has 3 rings (SSSR count). The molecule has 1 heterocycles. The number of hydrogen-bond acceptors (Lipinski definition) is 2. The van der Waals surface area contributed by atoms with Crippen LogP contribution in [0.1, 0.15) is 48.6 Å². The largest absolute Gasteiger partial charge is 0.486 e. The number of anilines is 1. The highest BCUT2D eigenvalue weighted by Crippen LogP contribution is 2.55. The van der Waals surface area contributed by atoms with E-state index in [4.69, 9.17) is 10.5 Å². The molecule has 2 aromatic carbocycles. The predicted octanol–water partition coefficient (Wildman–Crippen LogP) is 4.67. The lowest BCUT2D eigenvalue weighted by Gasteiger charge is -2.38. The molecule has 0 saturated heterocycles. The minimum atomic E-state index is -0.324. The first-order valence-electron chi connectivity index (χ1n) is 7.85. The maximum Gasteiger partial charge on any atom is 0.125 e. The lowest BCUT2D eigenvalue weighted by molar-refractivity contribution is 0.0811. The number of nitrogens with two attached hydrogens (primary N) is 1. The summed E-state index contributed by atoms with van der Waals surface area (Å²) in [6.45, 7) is 12.9. The van der Waals surface area contributed by atoms with Crippen molar-refractivity contribution in [2.45, 2.75) is 52.6 Å². The molecule has 0 bridgehead atoms. The Morgan fingerprint density at radius 1 is 0.955 bits per heavy atom. The van der Waals surface area contributed by atoms with Crippen molar-refractivity contribution in [1.82, 2.24) is 0 Å². The highest BCUT2D eigenvalue weighted by Gasteiger charge is 2.53. The minimum absolute atomic E-state index is 0.220. The van der Waals surface area contributed by atoms with Gasteiger partial charge in [0.15, 0.2) is 0 Å². The van der Waals surface area contributed by atoms with E-state index in [2.05, 4.69) is 65.0 Å². The van der Waals surface area contributed by atoms with E-state index < -0.39 is 0 Å². The van der Waals surface area contributed by atoms with E-state index in [1.54, 1.807) is 0 Å². The topological polar surface area (TPSA) is 35.2 Å². The van der Waals surface area contributed by atoms with E-state index in [0.717, 1.165) is 22.6 Å². The smallest absolute Gasteiger partial charge is 0.125 e. The Hall–Kier alpha value is -1.96. The highest BCUT2D eigenvalue weighted by atomic mass is 16.5. The van der Waals surface area contributed by atoms with Crippen LogP contribution in [0.5, 0.6) is 5.75 Å². The SMILES string of the molecule is Cc1ccc(C2(C)c3c(cc(C)c(N)c3C)OC2(C)C)cc1. The van der Waals surface area contributed by atoms with Crippen LogP contribution in [-0.2, 0) is 5.41 Å². The van der Waals surface area contributed by atoms with Crippen LogP contribution in [0.15, 0.2) is 30.3 Å². The van der Waals surface area contributed by atoms with Crippen LogP contribution in [0.3, 0.4) is 0 Å². The van der Waals surface area contributed by atoms with Crippen molar-refractivity contribution in [3.63, 3.8) is 0 Å². The van der Waals surface area contributed by atoms with Gasteiger partial charge in [-0.25, -0.2) is 0 Å². The van der Waals surface area contributed by atoms with Crippen LogP contribution in [0, 0.1) is 20.8 Å². The predicted molar refractivity (Wildman–Crippen MR) is 92.7 cm³/mol. The third-order valence-corrected chi connectivity index (χ3v) is 5.50. The Kier molecular flexibility index (Phi) is 3.07. The molecule has 2 aromatic rings. The van der Waals surface area contributed by atoms with Crippen molar-refractivity contribution in [3.8, 4) is 5.75 Å². The molecule has 1 atom stereocenters. The first-order valence-corrected chi connectivity index (χ1v) is 7.85. The van der Waals surface area contributed by atoms with E-state index in [1.165, 1.54) is 16.7 Å². The average Bonchev–Trinajstić information content (AvgIpc) is 2.64. The number of nitrogen functional groups attached to an aromatic ring is 1. The van der Waals surface area contributed by atoms with Crippen LogP contribution in [0.4, 0.5) is 5.69 Å². The molecule has 0 aromatic heterocycles. The number of fused-ring (bicyclic) bond motifs is 1. The minimum Gasteiger partial charge on any atom is -0.486 e. The summed E-state index contributed by atoms with van der Waals surface area (Å²) < 4.78 is 6.36. The molecule has 0 spiro atoms. The van der Waals surface area contributed by atoms with Crippen LogP contribution in [0.2, 0.25) is 0 Å². The van der Waals surface area contributed by atoms with Gasteiger partial charge in [-0.3, -0.25) is 0 Å². The monoisotopic (exact) mass is 295 g/mol. The maximum absolute atomic E-state index is 6.36. The summed E-state index contributed by atoms with van der Waals surface area (Å²) >= 11 is 0. The van der Waals surface area contributed by atoms with Gasteiger partial charge in [-0.2, -0.15) is 0 Å². The van der Waals surface area contributed by atoms with Crippen molar-refractivity contribution in [3.05, 3.63) is 58.1 Å². The van der Waals surface area contributed by atoms with Gasteiger partial charge in [-0.05, 0) is 64.3 Å². The summed E-state index contributed by atoms with van der Waals surface area (Å²) in [5.74, 6) is 0.970. The second kappa shape index (κ2) is 4.52. The van der Waals surface area contributed by atoms with Crippen LogP contribution < -0.4 is 10.5 Å². The molecular weight excluding hydrogens is 270 g/mol. The van der Waals surface area contributed by atoms with Gasteiger partial charge in [-0.15, -0.1) is 0 Å². The Bertz CT molecular complexity index is 743. The Morgan fingerprint density at radius 3 is 2.14 bits per heavy atom. The molecule has 2 N–H and O–H groups in total. The number of aryl methyl sites for hydroxylation is 2. The number of rotatable bonds is 1. The molecule has 0 saturated carbocycles. The van der Waals surface area contributed by atoms with Crippen molar-refractivity contribution >= 4 is 5.69 Å². The first kappa shape index (κ1) is 15.0. The van der Waals surface area contributed by atoms with Gasteiger partial charge in [0.2, 0.25) is 0 Å². The summed E-state index contributed by atoms with van der Waals surface area (Å²) in [5.41, 5.74) is 12.6. The van der Waals surface area contributed by atoms with Crippen molar-refractivity contribution in [1.29, 1.82) is 0 Å². The van der Waals surface area contributed by atoms with Gasteiger partial charge in [0.25, 0.3) is 0 Å². The summed E-state index contributed by atoms with van der Waals surface area (Å²) in [6.07, 6.45) is 0. The fourth-order valence-corrected chi connectivity index (χ4v) is 3.72. The first-order chi connectivity index (χ1) is 10.2. The second-order valence-corrected chi connectivity index (χ2v) is 7.21. The molecule has 0 fully saturated rings. The Labute approximate surface area is 133 Å². The molecule has 0 radical (unpaired) electrons. The van der Waals surface area contributed by atoms with E-state index >= 15 is 0 Å². The molecule has 1 aliphatic heterocycles. The van der Waals surface area contributed by atoms with Crippen molar-refractivity contribution in [2.75, 3.05) is 5.73 Å². The van der Waals surface area contributed by atoms with Gasteiger partial charge < -0.3 is 10.5 Å². The molecule has 2 nitrogen and oxygen atoms in total. The van der Waals surface area contributed by atoms with Gasteiger partial charge in [0.05, 0.1) is 5.41 Å². The average molecular weight is 295 g/mol. The number of ether oxygens (including phenoxy) is 1. The zero-order valence-corrected chi connectivity index (χ0v) is 14.4. The third-order valence-electron chi connectivity index (χ3n) is 5.50. The highest BCUT2D eigenvalue weighted by molar-refractivity contribution is 5.67. The van der Waals surface area contributed by atoms with Crippen LogP contribution >= 0.6 is 0 Å². The van der Waals surface area contributed by atoms with E-state index in [1.807, 2.05) is 6.92 Å². The number of hydrogen-bond donors (Lipinski definition) is 1. The van der Waals surface area contributed by atoms with Crippen molar-refractivity contribution < 1.29 is 4.74 Å². The molecule has 1 unspecified atom stereocenters. The Morgan fingerprint density at radius 2 is 1.55 bits per heavy atom. The lowest BCUT2D eigenvalue weighted by atomic mass is 9.66. The van der Waals surface area contributed by atoms with Gasteiger partial charge >= 0.3 is 0 Å². The van der Waals surface area contributed by atoms with E-state index in [-0.39, 0.29) is 11.0 Å². The van der Waals surface area contributed by atoms with E-state index in [9.17, 15) is 0 Å². The van der Waals surface area contributed by atoms with Gasteiger partial charge in [0, 0.05) is 11.3 Å². The summed E-state index contributed by atoms with van der Waals surface area (Å²) in [4.78, 5) is 0. The molecule has 116 valence electrons. The summed E-state index contributed by atoms with van der Waals surface area (Å²) in [7, 11) is 0. The van der Waals surface area contributed by atoms with Crippen LogP contribution in [0.25, 0.3) is 0 Å².